The van der Waals surface area contributed by atoms with Gasteiger partial charge in [0.05, 0.1) is 0 Å². The molecule has 3 heterocycles. The van der Waals surface area contributed by atoms with Gasteiger partial charge in [0.1, 0.15) is 23.6 Å². The van der Waals surface area contributed by atoms with Crippen LogP contribution in [0.15, 0.2) is 73.1 Å². The molecule has 2 aromatic carbocycles. The number of hydrogen-bond acceptors (Lipinski definition) is 4. The second kappa shape index (κ2) is 10.0. The molecule has 33 heavy (non-hydrogen) atoms. The van der Waals surface area contributed by atoms with Crippen molar-refractivity contribution in [3.63, 3.8) is 0 Å². The van der Waals surface area contributed by atoms with Crippen molar-refractivity contribution >= 4 is 22.5 Å². The summed E-state index contributed by atoms with van der Waals surface area (Å²) in [6, 6.07) is 19.6. The number of fused-ring (bicyclic) bond motifs is 1. The Morgan fingerprint density at radius 1 is 0.879 bits per heavy atom. The molecule has 1 fully saturated rings. The summed E-state index contributed by atoms with van der Waals surface area (Å²) >= 11 is 5.98. The van der Waals surface area contributed by atoms with Gasteiger partial charge in [-0.3, -0.25) is 9.88 Å². The standard InChI is InChI=1S/C28H24ClN3O/c29-24-10-5-21(6-11-24)23-8-13-25(31-20-23)12-7-22-9-14-27(28-26(22)4-3-15-30-28)33-19-18-32-16-1-2-17-32/h3-6,8-11,13-15,20H,1-2,16-19H2. The van der Waals surface area contributed by atoms with E-state index in [4.69, 9.17) is 16.3 Å². The molecule has 1 aliphatic rings. The molecular weight excluding hydrogens is 430 g/mol. The Balaban J connectivity index is 1.33. The number of nitrogens with zero attached hydrogens (tertiary/aromatic N) is 3. The fraction of sp³-hybridized carbons (Fsp3) is 0.214. The largest absolute Gasteiger partial charge is 0.490 e. The minimum atomic E-state index is 0.667. The van der Waals surface area contributed by atoms with Gasteiger partial charge in [-0.1, -0.05) is 35.7 Å². The van der Waals surface area contributed by atoms with Crippen molar-refractivity contribution < 1.29 is 4.74 Å². The van der Waals surface area contributed by atoms with Crippen LogP contribution in [0.25, 0.3) is 22.0 Å². The van der Waals surface area contributed by atoms with Gasteiger partial charge in [0.2, 0.25) is 0 Å². The number of hydrogen-bond donors (Lipinski definition) is 0. The number of ether oxygens (including phenoxy) is 1. The predicted molar refractivity (Wildman–Crippen MR) is 134 cm³/mol. The number of halogens is 1. The first kappa shape index (κ1) is 21.5. The van der Waals surface area contributed by atoms with Crippen molar-refractivity contribution in [3.8, 4) is 28.7 Å². The van der Waals surface area contributed by atoms with Gasteiger partial charge in [-0.2, -0.15) is 0 Å². The zero-order valence-electron chi connectivity index (χ0n) is 18.3. The SMILES string of the molecule is Clc1ccc(-c2ccc(C#Cc3ccc(OCCN4CCCC4)c4ncccc34)nc2)cc1. The molecular formula is C28H24ClN3O. The summed E-state index contributed by atoms with van der Waals surface area (Å²) in [6.07, 6.45) is 6.21. The molecule has 0 unspecified atom stereocenters. The third-order valence-corrected chi connectivity index (χ3v) is 6.11. The number of rotatable bonds is 5. The Kier molecular flexibility index (Phi) is 6.53. The first-order chi connectivity index (χ1) is 16.3. The molecule has 0 N–H and O–H groups in total. The molecule has 0 saturated carbocycles. The van der Waals surface area contributed by atoms with Crippen LogP contribution < -0.4 is 4.74 Å². The van der Waals surface area contributed by atoms with Crippen LogP contribution in [0.4, 0.5) is 0 Å². The lowest BCUT2D eigenvalue weighted by molar-refractivity contribution is 0.239. The normalized spacial score (nSPS) is 13.6. The van der Waals surface area contributed by atoms with Gasteiger partial charge in [-0.05, 0) is 79.9 Å². The van der Waals surface area contributed by atoms with Gasteiger partial charge in [0, 0.05) is 40.5 Å². The highest BCUT2D eigenvalue weighted by Gasteiger charge is 2.12. The maximum atomic E-state index is 6.09. The highest BCUT2D eigenvalue weighted by molar-refractivity contribution is 6.30. The van der Waals surface area contributed by atoms with Crippen LogP contribution in [-0.2, 0) is 0 Å². The highest BCUT2D eigenvalue weighted by Crippen LogP contribution is 2.26. The molecule has 0 atom stereocenters. The molecule has 5 heteroatoms. The Morgan fingerprint density at radius 2 is 1.70 bits per heavy atom. The minimum Gasteiger partial charge on any atom is -0.490 e. The first-order valence-electron chi connectivity index (χ1n) is 11.2. The lowest BCUT2D eigenvalue weighted by Gasteiger charge is -2.15. The fourth-order valence-corrected chi connectivity index (χ4v) is 4.20. The average molecular weight is 454 g/mol. The van der Waals surface area contributed by atoms with Crippen LogP contribution in [0.3, 0.4) is 0 Å². The fourth-order valence-electron chi connectivity index (χ4n) is 4.08. The summed E-state index contributed by atoms with van der Waals surface area (Å²) in [6.45, 7) is 3.96. The van der Waals surface area contributed by atoms with E-state index < -0.39 is 0 Å². The zero-order valence-corrected chi connectivity index (χ0v) is 19.1. The third kappa shape index (κ3) is 5.17. The number of likely N-dealkylation sites (tertiary alicyclic amines) is 1. The predicted octanol–water partition coefficient (Wildman–Crippen LogP) is 5.82. The molecule has 1 saturated heterocycles. The first-order valence-corrected chi connectivity index (χ1v) is 11.6. The van der Waals surface area contributed by atoms with Crippen LogP contribution >= 0.6 is 11.6 Å². The van der Waals surface area contributed by atoms with E-state index in [1.807, 2.05) is 66.9 Å². The maximum absolute atomic E-state index is 6.09. The van der Waals surface area contributed by atoms with E-state index in [0.29, 0.717) is 6.61 Å². The van der Waals surface area contributed by atoms with Crippen molar-refractivity contribution in [2.24, 2.45) is 0 Å². The molecule has 5 rings (SSSR count). The van der Waals surface area contributed by atoms with Crippen molar-refractivity contribution in [3.05, 3.63) is 89.3 Å². The van der Waals surface area contributed by atoms with E-state index in [2.05, 4.69) is 26.7 Å². The van der Waals surface area contributed by atoms with E-state index in [-0.39, 0.29) is 0 Å². The summed E-state index contributed by atoms with van der Waals surface area (Å²) in [5.74, 6) is 7.25. The Morgan fingerprint density at radius 3 is 2.48 bits per heavy atom. The van der Waals surface area contributed by atoms with Crippen molar-refractivity contribution in [1.29, 1.82) is 0 Å². The lowest BCUT2D eigenvalue weighted by Crippen LogP contribution is -2.25. The smallest absolute Gasteiger partial charge is 0.145 e. The molecule has 0 aliphatic carbocycles. The van der Waals surface area contributed by atoms with Crippen LogP contribution in [0.1, 0.15) is 24.1 Å². The summed E-state index contributed by atoms with van der Waals surface area (Å²) in [7, 11) is 0. The van der Waals surface area contributed by atoms with Gasteiger partial charge < -0.3 is 4.74 Å². The van der Waals surface area contributed by atoms with Crippen molar-refractivity contribution in [2.45, 2.75) is 12.8 Å². The van der Waals surface area contributed by atoms with E-state index in [0.717, 1.165) is 50.6 Å². The molecule has 0 spiro atoms. The average Bonchev–Trinajstić information content (AvgIpc) is 3.38. The van der Waals surface area contributed by atoms with E-state index in [9.17, 15) is 0 Å². The minimum absolute atomic E-state index is 0.667. The highest BCUT2D eigenvalue weighted by atomic mass is 35.5. The Labute approximate surface area is 199 Å². The van der Waals surface area contributed by atoms with Crippen LogP contribution in [0.2, 0.25) is 5.02 Å². The van der Waals surface area contributed by atoms with Crippen molar-refractivity contribution in [2.75, 3.05) is 26.2 Å². The van der Waals surface area contributed by atoms with E-state index >= 15 is 0 Å². The number of aromatic nitrogens is 2. The van der Waals surface area contributed by atoms with Gasteiger partial charge in [-0.25, -0.2) is 4.98 Å². The Hall–Kier alpha value is -3.39. The second-order valence-corrected chi connectivity index (χ2v) is 8.53. The molecule has 0 radical (unpaired) electrons. The summed E-state index contributed by atoms with van der Waals surface area (Å²) < 4.78 is 6.09. The lowest BCUT2D eigenvalue weighted by atomic mass is 10.1. The molecule has 4 nitrogen and oxygen atoms in total. The monoisotopic (exact) mass is 453 g/mol. The van der Waals surface area contributed by atoms with Gasteiger partial charge in [-0.15, -0.1) is 0 Å². The number of pyridine rings is 2. The molecule has 0 bridgehead atoms. The van der Waals surface area contributed by atoms with Crippen LogP contribution in [0.5, 0.6) is 5.75 Å². The van der Waals surface area contributed by atoms with Gasteiger partial charge in [0.15, 0.2) is 0 Å². The van der Waals surface area contributed by atoms with Crippen molar-refractivity contribution in [1.82, 2.24) is 14.9 Å². The third-order valence-electron chi connectivity index (χ3n) is 5.86. The number of benzene rings is 2. The molecule has 164 valence electrons. The van der Waals surface area contributed by atoms with E-state index in [1.165, 1.54) is 25.9 Å². The maximum Gasteiger partial charge on any atom is 0.145 e. The van der Waals surface area contributed by atoms with Crippen LogP contribution in [-0.4, -0.2) is 41.1 Å². The molecule has 2 aromatic heterocycles. The molecule has 0 amide bonds. The summed E-state index contributed by atoms with van der Waals surface area (Å²) in [5, 5.41) is 1.71. The molecule has 1 aliphatic heterocycles. The Bertz CT molecular complexity index is 1300. The van der Waals surface area contributed by atoms with Crippen LogP contribution in [0, 0.1) is 11.8 Å². The quantitative estimate of drug-likeness (QED) is 0.356. The zero-order chi connectivity index (χ0) is 22.5. The molecule has 4 aromatic rings. The topological polar surface area (TPSA) is 38.2 Å². The summed E-state index contributed by atoms with van der Waals surface area (Å²) in [5.41, 5.74) is 4.58. The van der Waals surface area contributed by atoms with Gasteiger partial charge in [0.25, 0.3) is 0 Å². The summed E-state index contributed by atoms with van der Waals surface area (Å²) in [4.78, 5) is 11.5. The second-order valence-electron chi connectivity index (χ2n) is 8.10. The van der Waals surface area contributed by atoms with E-state index in [1.54, 1.807) is 6.20 Å². The van der Waals surface area contributed by atoms with Gasteiger partial charge >= 0.3 is 0 Å².